The molecule has 8 nitrogen and oxygen atoms in total. The molecule has 2 aliphatic heterocycles. The predicted molar refractivity (Wildman–Crippen MR) is 93.1 cm³/mol. The number of carbonyl (C=O) groups excluding carboxylic acids is 2. The van der Waals surface area contributed by atoms with Crippen molar-refractivity contribution in [2.75, 3.05) is 19.7 Å². The first-order valence-electron chi connectivity index (χ1n) is 9.17. The van der Waals surface area contributed by atoms with E-state index in [2.05, 4.69) is 15.3 Å². The average molecular weight is 357 g/mol. The molecule has 0 unspecified atom stereocenters. The van der Waals surface area contributed by atoms with E-state index in [1.807, 2.05) is 27.8 Å². The molecule has 0 aliphatic carbocycles. The standard InChI is InChI=1S/C18H23N5O3/c24-16(20-11-14-12-23-7-2-6-19-18(23)21-14)13-4-8-22(9-5-13)17(25)15-3-1-10-26-15/h2,6-7,12-13,15H,1,3-5,8-11H2,(H,20,24)/t15-/m1/s1. The lowest BCUT2D eigenvalue weighted by atomic mass is 9.95. The monoisotopic (exact) mass is 357 g/mol. The third-order valence-corrected chi connectivity index (χ3v) is 5.11. The zero-order valence-electron chi connectivity index (χ0n) is 14.6. The lowest BCUT2D eigenvalue weighted by molar-refractivity contribution is -0.143. The molecule has 2 aromatic rings. The molecule has 1 N–H and O–H groups in total. The van der Waals surface area contributed by atoms with Gasteiger partial charge in [-0.05, 0) is 31.7 Å². The molecular weight excluding hydrogens is 334 g/mol. The molecule has 26 heavy (non-hydrogen) atoms. The minimum atomic E-state index is -0.274. The molecule has 4 heterocycles. The maximum absolute atomic E-state index is 12.4. The molecule has 2 saturated heterocycles. The van der Waals surface area contributed by atoms with Crippen LogP contribution in [0.25, 0.3) is 5.78 Å². The van der Waals surface area contributed by atoms with Crippen molar-refractivity contribution in [3.63, 3.8) is 0 Å². The van der Waals surface area contributed by atoms with Crippen LogP contribution >= 0.6 is 0 Å². The van der Waals surface area contributed by atoms with E-state index < -0.39 is 0 Å². The highest BCUT2D eigenvalue weighted by molar-refractivity contribution is 5.82. The van der Waals surface area contributed by atoms with Crippen LogP contribution in [0.2, 0.25) is 0 Å². The van der Waals surface area contributed by atoms with Crippen LogP contribution < -0.4 is 5.32 Å². The van der Waals surface area contributed by atoms with Gasteiger partial charge in [-0.15, -0.1) is 0 Å². The highest BCUT2D eigenvalue weighted by Crippen LogP contribution is 2.21. The molecule has 1 atom stereocenters. The van der Waals surface area contributed by atoms with E-state index in [-0.39, 0.29) is 23.8 Å². The van der Waals surface area contributed by atoms with Crippen LogP contribution in [0.15, 0.2) is 24.7 Å². The van der Waals surface area contributed by atoms with E-state index in [0.29, 0.717) is 44.9 Å². The predicted octanol–water partition coefficient (Wildman–Crippen LogP) is 0.763. The smallest absolute Gasteiger partial charge is 0.251 e. The molecule has 2 aliphatic rings. The van der Waals surface area contributed by atoms with Crippen molar-refractivity contribution in [3.8, 4) is 0 Å². The second-order valence-corrected chi connectivity index (χ2v) is 6.88. The Morgan fingerprint density at radius 1 is 1.27 bits per heavy atom. The maximum Gasteiger partial charge on any atom is 0.251 e. The van der Waals surface area contributed by atoms with E-state index in [1.54, 1.807) is 6.20 Å². The van der Waals surface area contributed by atoms with Gasteiger partial charge in [0.15, 0.2) is 0 Å². The van der Waals surface area contributed by atoms with Gasteiger partial charge in [-0.2, -0.15) is 0 Å². The van der Waals surface area contributed by atoms with Gasteiger partial charge in [0.05, 0.1) is 12.2 Å². The topological polar surface area (TPSA) is 88.8 Å². The highest BCUT2D eigenvalue weighted by atomic mass is 16.5. The quantitative estimate of drug-likeness (QED) is 0.873. The molecule has 0 bridgehead atoms. The van der Waals surface area contributed by atoms with Gasteiger partial charge in [0.25, 0.3) is 5.91 Å². The summed E-state index contributed by atoms with van der Waals surface area (Å²) in [4.78, 5) is 35.2. The first-order chi connectivity index (χ1) is 12.7. The fourth-order valence-electron chi connectivity index (χ4n) is 3.62. The van der Waals surface area contributed by atoms with Gasteiger partial charge in [0.1, 0.15) is 6.10 Å². The fourth-order valence-corrected chi connectivity index (χ4v) is 3.62. The Labute approximate surface area is 151 Å². The normalized spacial score (nSPS) is 21.2. The highest BCUT2D eigenvalue weighted by Gasteiger charge is 2.32. The molecule has 2 amide bonds. The van der Waals surface area contributed by atoms with Crippen molar-refractivity contribution in [1.82, 2.24) is 24.6 Å². The van der Waals surface area contributed by atoms with Crippen LogP contribution in [0.4, 0.5) is 0 Å². The summed E-state index contributed by atoms with van der Waals surface area (Å²) in [5, 5.41) is 2.96. The molecule has 138 valence electrons. The van der Waals surface area contributed by atoms with Crippen molar-refractivity contribution in [2.45, 2.75) is 38.3 Å². The number of likely N-dealkylation sites (tertiary alicyclic amines) is 1. The summed E-state index contributed by atoms with van der Waals surface area (Å²) in [5.74, 6) is 0.675. The van der Waals surface area contributed by atoms with E-state index in [4.69, 9.17) is 4.74 Å². The molecule has 0 saturated carbocycles. The van der Waals surface area contributed by atoms with Gasteiger partial charge < -0.3 is 15.0 Å². The Bertz CT molecular complexity index is 758. The number of fused-ring (bicyclic) bond motifs is 1. The largest absolute Gasteiger partial charge is 0.368 e. The number of hydrogen-bond acceptors (Lipinski definition) is 5. The van der Waals surface area contributed by atoms with Crippen LogP contribution in [0.3, 0.4) is 0 Å². The lowest BCUT2D eigenvalue weighted by Gasteiger charge is -2.32. The number of carbonyl (C=O) groups is 2. The number of aromatic nitrogens is 3. The number of nitrogens with zero attached hydrogens (tertiary/aromatic N) is 4. The van der Waals surface area contributed by atoms with E-state index in [1.165, 1.54) is 0 Å². The summed E-state index contributed by atoms with van der Waals surface area (Å²) in [6, 6.07) is 1.84. The van der Waals surface area contributed by atoms with Crippen LogP contribution in [0, 0.1) is 5.92 Å². The zero-order chi connectivity index (χ0) is 17.9. The number of hydrogen-bond donors (Lipinski definition) is 1. The van der Waals surface area contributed by atoms with Crippen LogP contribution in [0.5, 0.6) is 0 Å². The Morgan fingerprint density at radius 3 is 2.85 bits per heavy atom. The van der Waals surface area contributed by atoms with Crippen LogP contribution in [0.1, 0.15) is 31.4 Å². The number of piperidine rings is 1. The Hall–Kier alpha value is -2.48. The number of rotatable bonds is 4. The average Bonchev–Trinajstić information content (AvgIpc) is 3.35. The second kappa shape index (κ2) is 7.41. The van der Waals surface area contributed by atoms with Crippen molar-refractivity contribution < 1.29 is 14.3 Å². The summed E-state index contributed by atoms with van der Waals surface area (Å²) in [7, 11) is 0. The summed E-state index contributed by atoms with van der Waals surface area (Å²) in [5.41, 5.74) is 0.781. The lowest BCUT2D eigenvalue weighted by Crippen LogP contribution is -2.46. The maximum atomic E-state index is 12.4. The molecule has 4 rings (SSSR count). The zero-order valence-corrected chi connectivity index (χ0v) is 14.6. The van der Waals surface area contributed by atoms with E-state index >= 15 is 0 Å². The summed E-state index contributed by atoms with van der Waals surface area (Å²) >= 11 is 0. The Balaban J connectivity index is 1.26. The number of nitrogens with one attached hydrogen (secondary N) is 1. The molecule has 2 aromatic heterocycles. The second-order valence-electron chi connectivity index (χ2n) is 6.88. The molecule has 0 spiro atoms. The number of imidazole rings is 1. The van der Waals surface area contributed by atoms with Gasteiger partial charge >= 0.3 is 0 Å². The van der Waals surface area contributed by atoms with Crippen LogP contribution in [-0.4, -0.2) is 56.9 Å². The number of amides is 2. The third kappa shape index (κ3) is 3.55. The third-order valence-electron chi connectivity index (χ3n) is 5.11. The van der Waals surface area contributed by atoms with Gasteiger partial charge in [-0.1, -0.05) is 0 Å². The minimum Gasteiger partial charge on any atom is -0.368 e. The van der Waals surface area contributed by atoms with Crippen molar-refractivity contribution >= 4 is 17.6 Å². The SMILES string of the molecule is O=C(NCc1cn2cccnc2n1)C1CCN(C(=O)[C@H]2CCCO2)CC1. The van der Waals surface area contributed by atoms with Gasteiger partial charge in [-0.25, -0.2) is 9.97 Å². The molecule has 0 aromatic carbocycles. The molecule has 8 heteroatoms. The van der Waals surface area contributed by atoms with Crippen LogP contribution in [-0.2, 0) is 20.9 Å². The van der Waals surface area contributed by atoms with E-state index in [0.717, 1.165) is 18.5 Å². The summed E-state index contributed by atoms with van der Waals surface area (Å²) in [6.07, 6.45) is 8.31. The molecule has 0 radical (unpaired) electrons. The van der Waals surface area contributed by atoms with Crippen molar-refractivity contribution in [2.24, 2.45) is 5.92 Å². The Kier molecular flexibility index (Phi) is 4.83. The fraction of sp³-hybridized carbons (Fsp3) is 0.556. The number of ether oxygens (including phenoxy) is 1. The summed E-state index contributed by atoms with van der Waals surface area (Å²) in [6.45, 7) is 2.30. The van der Waals surface area contributed by atoms with Gasteiger partial charge in [0.2, 0.25) is 11.7 Å². The van der Waals surface area contributed by atoms with Gasteiger partial charge in [0, 0.05) is 44.2 Å². The molecule has 2 fully saturated rings. The van der Waals surface area contributed by atoms with Gasteiger partial charge in [-0.3, -0.25) is 14.0 Å². The Morgan fingerprint density at radius 2 is 2.12 bits per heavy atom. The van der Waals surface area contributed by atoms with E-state index in [9.17, 15) is 9.59 Å². The van der Waals surface area contributed by atoms with Crippen molar-refractivity contribution in [1.29, 1.82) is 0 Å². The minimum absolute atomic E-state index is 0.0271. The summed E-state index contributed by atoms with van der Waals surface area (Å²) < 4.78 is 7.30. The van der Waals surface area contributed by atoms with Crippen molar-refractivity contribution in [3.05, 3.63) is 30.4 Å². The first kappa shape index (κ1) is 17.0. The molecular formula is C18H23N5O3. The first-order valence-corrected chi connectivity index (χ1v) is 9.17.